The van der Waals surface area contributed by atoms with Gasteiger partial charge < -0.3 is 9.84 Å². The van der Waals surface area contributed by atoms with Gasteiger partial charge in [0.15, 0.2) is 0 Å². The topological polar surface area (TPSA) is 29.5 Å². The van der Waals surface area contributed by atoms with Crippen LogP contribution in [0.1, 0.15) is 66.7 Å². The van der Waals surface area contributed by atoms with Crippen molar-refractivity contribution in [2.24, 2.45) is 17.3 Å². The van der Waals surface area contributed by atoms with Crippen molar-refractivity contribution in [3.05, 3.63) is 0 Å². The normalized spacial score (nSPS) is 29.0. The molecule has 0 aromatic carbocycles. The molecular formula is C16H32O2. The molecule has 1 aliphatic rings. The van der Waals surface area contributed by atoms with E-state index < -0.39 is 0 Å². The third-order valence-electron chi connectivity index (χ3n) is 4.39. The Morgan fingerprint density at radius 2 is 1.89 bits per heavy atom. The van der Waals surface area contributed by atoms with Gasteiger partial charge in [0.1, 0.15) is 0 Å². The summed E-state index contributed by atoms with van der Waals surface area (Å²) in [5.74, 6) is 1.24. The number of hydrogen-bond acceptors (Lipinski definition) is 2. The summed E-state index contributed by atoms with van der Waals surface area (Å²) in [5.41, 5.74) is 0.00852. The van der Waals surface area contributed by atoms with Crippen molar-refractivity contribution in [3.63, 3.8) is 0 Å². The fraction of sp³-hybridized carbons (Fsp3) is 1.00. The van der Waals surface area contributed by atoms with E-state index in [9.17, 15) is 5.11 Å². The monoisotopic (exact) mass is 256 g/mol. The number of aliphatic hydroxyl groups is 1. The molecule has 1 rings (SSSR count). The first kappa shape index (κ1) is 16.0. The van der Waals surface area contributed by atoms with E-state index in [1.165, 1.54) is 25.7 Å². The molecule has 0 heterocycles. The second kappa shape index (κ2) is 6.91. The average molecular weight is 256 g/mol. The van der Waals surface area contributed by atoms with Crippen molar-refractivity contribution in [2.75, 3.05) is 6.61 Å². The second-order valence-electron chi connectivity index (χ2n) is 6.93. The summed E-state index contributed by atoms with van der Waals surface area (Å²) in [6, 6.07) is 0. The van der Waals surface area contributed by atoms with E-state index in [4.69, 9.17) is 4.74 Å². The summed E-state index contributed by atoms with van der Waals surface area (Å²) in [5, 5.41) is 10.7. The van der Waals surface area contributed by atoms with Gasteiger partial charge in [0.05, 0.1) is 12.2 Å². The second-order valence-corrected chi connectivity index (χ2v) is 6.93. The zero-order valence-corrected chi connectivity index (χ0v) is 12.9. The molecule has 0 amide bonds. The van der Waals surface area contributed by atoms with Gasteiger partial charge in [0, 0.05) is 6.61 Å². The number of hydrogen-bond donors (Lipinski definition) is 1. The molecule has 0 spiro atoms. The first-order chi connectivity index (χ1) is 8.40. The Hall–Kier alpha value is -0.0800. The molecule has 1 aliphatic carbocycles. The quantitative estimate of drug-likeness (QED) is 0.805. The predicted molar refractivity (Wildman–Crippen MR) is 76.6 cm³/mol. The molecule has 108 valence electrons. The predicted octanol–water partition coefficient (Wildman–Crippen LogP) is 4.01. The number of rotatable bonds is 5. The summed E-state index contributed by atoms with van der Waals surface area (Å²) in [6.07, 6.45) is 5.85. The summed E-state index contributed by atoms with van der Waals surface area (Å²) >= 11 is 0. The van der Waals surface area contributed by atoms with Crippen LogP contribution in [0.15, 0.2) is 0 Å². The van der Waals surface area contributed by atoms with Crippen LogP contribution in [0.25, 0.3) is 0 Å². The van der Waals surface area contributed by atoms with Crippen LogP contribution in [0.2, 0.25) is 0 Å². The molecule has 1 saturated carbocycles. The van der Waals surface area contributed by atoms with Crippen LogP contribution in [0.3, 0.4) is 0 Å². The molecular weight excluding hydrogens is 224 g/mol. The summed E-state index contributed by atoms with van der Waals surface area (Å²) in [4.78, 5) is 0. The fourth-order valence-electron chi connectivity index (χ4n) is 3.30. The summed E-state index contributed by atoms with van der Waals surface area (Å²) < 4.78 is 5.84. The van der Waals surface area contributed by atoms with Gasteiger partial charge in [0.2, 0.25) is 0 Å². The van der Waals surface area contributed by atoms with E-state index in [0.717, 1.165) is 12.3 Å². The van der Waals surface area contributed by atoms with Crippen LogP contribution in [-0.4, -0.2) is 23.9 Å². The molecule has 1 N–H and O–H groups in total. The van der Waals surface area contributed by atoms with Crippen LogP contribution < -0.4 is 0 Å². The molecule has 2 nitrogen and oxygen atoms in total. The largest absolute Gasteiger partial charge is 0.390 e. The van der Waals surface area contributed by atoms with Crippen molar-refractivity contribution >= 4 is 0 Å². The minimum atomic E-state index is -0.306. The Morgan fingerprint density at radius 1 is 1.22 bits per heavy atom. The van der Waals surface area contributed by atoms with Gasteiger partial charge in [-0.1, -0.05) is 47.0 Å². The van der Waals surface area contributed by atoms with E-state index in [0.29, 0.717) is 12.5 Å². The molecule has 18 heavy (non-hydrogen) atoms. The van der Waals surface area contributed by atoms with Crippen LogP contribution >= 0.6 is 0 Å². The van der Waals surface area contributed by atoms with Crippen molar-refractivity contribution in [3.8, 4) is 0 Å². The van der Waals surface area contributed by atoms with Gasteiger partial charge in [-0.2, -0.15) is 0 Å². The van der Waals surface area contributed by atoms with Crippen LogP contribution in [0, 0.1) is 17.3 Å². The van der Waals surface area contributed by atoms with E-state index in [1.54, 1.807) is 0 Å². The Labute approximate surface area is 113 Å². The Bertz CT molecular complexity index is 232. The van der Waals surface area contributed by atoms with Crippen LogP contribution in [0.4, 0.5) is 0 Å². The first-order valence-electron chi connectivity index (χ1n) is 7.69. The minimum Gasteiger partial charge on any atom is -0.390 e. The maximum atomic E-state index is 10.7. The number of aliphatic hydroxyl groups excluding tert-OH is 1. The first-order valence-corrected chi connectivity index (χ1v) is 7.69. The Balaban J connectivity index is 2.67. The smallest absolute Gasteiger partial charge is 0.0884 e. The molecule has 4 atom stereocenters. The van der Waals surface area contributed by atoms with Gasteiger partial charge >= 0.3 is 0 Å². The summed E-state index contributed by atoms with van der Waals surface area (Å²) in [7, 11) is 0. The third-order valence-corrected chi connectivity index (χ3v) is 4.39. The van der Waals surface area contributed by atoms with E-state index in [1.807, 2.05) is 6.92 Å². The van der Waals surface area contributed by atoms with Gasteiger partial charge in [-0.3, -0.25) is 0 Å². The Kier molecular flexibility index (Phi) is 6.13. The molecule has 1 fully saturated rings. The molecule has 0 bridgehead atoms. The van der Waals surface area contributed by atoms with Crippen LogP contribution in [-0.2, 0) is 4.74 Å². The van der Waals surface area contributed by atoms with Crippen molar-refractivity contribution in [1.82, 2.24) is 0 Å². The molecule has 0 radical (unpaired) electrons. The zero-order valence-electron chi connectivity index (χ0n) is 12.9. The van der Waals surface area contributed by atoms with Gasteiger partial charge in [-0.05, 0) is 37.0 Å². The number of ether oxygens (including phenoxy) is 1. The maximum Gasteiger partial charge on any atom is 0.0884 e. The average Bonchev–Trinajstić information content (AvgIpc) is 2.34. The van der Waals surface area contributed by atoms with E-state index in [2.05, 4.69) is 27.7 Å². The highest BCUT2D eigenvalue weighted by Gasteiger charge is 2.38. The highest BCUT2D eigenvalue weighted by molar-refractivity contribution is 4.88. The highest BCUT2D eigenvalue weighted by atomic mass is 16.5. The lowest BCUT2D eigenvalue weighted by atomic mass is 9.73. The molecule has 4 unspecified atom stereocenters. The SMILES string of the molecule is CCOC(C(O)C1CCCC(CC)C1)C(C)(C)C. The van der Waals surface area contributed by atoms with Crippen molar-refractivity contribution in [1.29, 1.82) is 0 Å². The lowest BCUT2D eigenvalue weighted by molar-refractivity contribution is -0.115. The van der Waals surface area contributed by atoms with Crippen molar-refractivity contribution < 1.29 is 9.84 Å². The standard InChI is InChI=1S/C16H32O2/c1-6-12-9-8-10-13(11-12)14(17)15(18-7-2)16(3,4)5/h12-15,17H,6-11H2,1-5H3. The fourth-order valence-corrected chi connectivity index (χ4v) is 3.30. The van der Waals surface area contributed by atoms with Crippen LogP contribution in [0.5, 0.6) is 0 Å². The van der Waals surface area contributed by atoms with Gasteiger partial charge in [0.25, 0.3) is 0 Å². The minimum absolute atomic E-state index is 0.00852. The third kappa shape index (κ3) is 4.24. The van der Waals surface area contributed by atoms with Gasteiger partial charge in [-0.15, -0.1) is 0 Å². The van der Waals surface area contributed by atoms with E-state index >= 15 is 0 Å². The zero-order chi connectivity index (χ0) is 13.8. The lowest BCUT2D eigenvalue weighted by Crippen LogP contribution is -2.45. The molecule has 2 heteroatoms. The molecule has 0 aromatic heterocycles. The maximum absolute atomic E-state index is 10.7. The highest BCUT2D eigenvalue weighted by Crippen LogP contribution is 2.37. The Morgan fingerprint density at radius 3 is 2.39 bits per heavy atom. The van der Waals surface area contributed by atoms with E-state index in [-0.39, 0.29) is 17.6 Å². The van der Waals surface area contributed by atoms with Crippen molar-refractivity contribution in [2.45, 2.75) is 78.9 Å². The molecule has 0 aromatic rings. The summed E-state index contributed by atoms with van der Waals surface area (Å²) in [6.45, 7) is 11.5. The molecule has 0 aliphatic heterocycles. The van der Waals surface area contributed by atoms with Gasteiger partial charge in [-0.25, -0.2) is 0 Å². The molecule has 0 saturated heterocycles. The lowest BCUT2D eigenvalue weighted by Gasteiger charge is -2.40.